The molecule has 7 nitrogen and oxygen atoms in total. The minimum absolute atomic E-state index is 0.0344. The van der Waals surface area contributed by atoms with E-state index >= 15 is 0 Å². The molecule has 2 saturated heterocycles. The van der Waals surface area contributed by atoms with Gasteiger partial charge in [0.25, 0.3) is 0 Å². The molecule has 3 fully saturated rings. The molecule has 7 heteroatoms. The van der Waals surface area contributed by atoms with Gasteiger partial charge >= 0.3 is 11.9 Å². The van der Waals surface area contributed by atoms with Gasteiger partial charge in [-0.05, 0) is 26.2 Å². The Bertz CT molecular complexity index is 870. The first-order valence-electron chi connectivity index (χ1n) is 9.67. The number of hydrogen-bond acceptors (Lipinski definition) is 7. The van der Waals surface area contributed by atoms with E-state index in [1.54, 1.807) is 0 Å². The molecule has 28 heavy (non-hydrogen) atoms. The lowest BCUT2D eigenvalue weighted by molar-refractivity contribution is -0.203. The van der Waals surface area contributed by atoms with Crippen molar-refractivity contribution in [3.8, 4) is 0 Å². The lowest BCUT2D eigenvalue weighted by Crippen LogP contribution is -2.43. The van der Waals surface area contributed by atoms with Gasteiger partial charge in [-0.25, -0.2) is 9.59 Å². The zero-order valence-corrected chi connectivity index (χ0v) is 16.2. The highest BCUT2D eigenvalue weighted by Crippen LogP contribution is 2.62. The molecule has 0 unspecified atom stereocenters. The molecular formula is C21H24O7. The smallest absolute Gasteiger partial charge is 0.342 e. The fraction of sp³-hybridized carbons (Fsp3) is 0.619. The van der Waals surface area contributed by atoms with Crippen molar-refractivity contribution in [3.63, 3.8) is 0 Å². The quantitative estimate of drug-likeness (QED) is 0.569. The van der Waals surface area contributed by atoms with Gasteiger partial charge in [0.2, 0.25) is 5.79 Å². The van der Waals surface area contributed by atoms with Crippen LogP contribution in [0.25, 0.3) is 0 Å². The highest BCUT2D eigenvalue weighted by atomic mass is 16.7. The fourth-order valence-corrected chi connectivity index (χ4v) is 5.79. The third-order valence-corrected chi connectivity index (χ3v) is 7.07. The van der Waals surface area contributed by atoms with Crippen molar-refractivity contribution >= 4 is 11.9 Å². The molecule has 150 valence electrons. The van der Waals surface area contributed by atoms with Crippen molar-refractivity contribution in [3.05, 3.63) is 35.1 Å². The van der Waals surface area contributed by atoms with E-state index in [4.69, 9.17) is 18.9 Å². The average molecular weight is 388 g/mol. The summed E-state index contributed by atoms with van der Waals surface area (Å²) in [6.07, 6.45) is 2.17. The molecule has 2 bridgehead atoms. The van der Waals surface area contributed by atoms with Crippen LogP contribution in [0.15, 0.2) is 35.1 Å². The Labute approximate surface area is 163 Å². The van der Waals surface area contributed by atoms with Gasteiger partial charge in [0.05, 0.1) is 7.11 Å². The maximum Gasteiger partial charge on any atom is 0.342 e. The van der Waals surface area contributed by atoms with E-state index in [1.807, 2.05) is 19.9 Å². The van der Waals surface area contributed by atoms with Crippen LogP contribution < -0.4 is 0 Å². The summed E-state index contributed by atoms with van der Waals surface area (Å²) in [7, 11) is 1.27. The summed E-state index contributed by atoms with van der Waals surface area (Å²) in [6, 6.07) is 0. The first kappa shape index (κ1) is 17.9. The largest absolute Gasteiger partial charge is 0.488 e. The normalized spacial score (nSPS) is 47.4. The van der Waals surface area contributed by atoms with Crippen molar-refractivity contribution in [1.29, 1.82) is 0 Å². The molecule has 0 spiro atoms. The molecule has 4 heterocycles. The second kappa shape index (κ2) is 5.48. The zero-order valence-electron chi connectivity index (χ0n) is 16.2. The Morgan fingerprint density at radius 1 is 1.39 bits per heavy atom. The standard InChI is InChI=1S/C21H24O7/c1-9(2)10-5-6-11-13-12(26-18(11)22)8-20(3)14(13)16-17(27-20)15(19(23)25-4)21(24,7-10)28-16/h6,10,12-14,16,24H,1,5,7-8H2,2-4H3/b11-6+/t10-,12+,13+,14-,16+,20-,21-/m1/s1. The van der Waals surface area contributed by atoms with Crippen molar-refractivity contribution < 1.29 is 33.6 Å². The van der Waals surface area contributed by atoms with E-state index < -0.39 is 23.5 Å². The molecular weight excluding hydrogens is 364 g/mol. The predicted molar refractivity (Wildman–Crippen MR) is 95.5 cm³/mol. The maximum absolute atomic E-state index is 12.6. The second-order valence-electron chi connectivity index (χ2n) is 8.81. The van der Waals surface area contributed by atoms with E-state index in [0.717, 1.165) is 5.57 Å². The molecule has 0 aromatic rings. The Morgan fingerprint density at radius 2 is 2.14 bits per heavy atom. The number of methoxy groups -OCH3 is 1. The maximum atomic E-state index is 12.6. The minimum Gasteiger partial charge on any atom is -0.488 e. The Morgan fingerprint density at radius 3 is 2.82 bits per heavy atom. The van der Waals surface area contributed by atoms with E-state index in [9.17, 15) is 14.7 Å². The highest BCUT2D eigenvalue weighted by molar-refractivity contribution is 5.93. The van der Waals surface area contributed by atoms with Crippen LogP contribution in [0.3, 0.4) is 0 Å². The van der Waals surface area contributed by atoms with Crippen molar-refractivity contribution in [2.24, 2.45) is 17.8 Å². The average Bonchev–Trinajstić information content (AvgIpc) is 3.22. The molecule has 5 aliphatic rings. The van der Waals surface area contributed by atoms with Gasteiger partial charge in [-0.3, -0.25) is 0 Å². The Kier molecular flexibility index (Phi) is 3.51. The summed E-state index contributed by atoms with van der Waals surface area (Å²) in [5.74, 6) is -3.03. The lowest BCUT2D eigenvalue weighted by atomic mass is 9.79. The SMILES string of the molecule is C=C(C)[C@@H]1C/C=C2/C(=O)O[C@H]3C[C@@]4(C)OC5=C(C(=O)OC)[C@@](O)(C1)O[C@H]5[C@H]4[C@@H]23. The lowest BCUT2D eigenvalue weighted by Gasteiger charge is -2.34. The molecule has 4 aliphatic heterocycles. The summed E-state index contributed by atoms with van der Waals surface area (Å²) in [4.78, 5) is 25.1. The fourth-order valence-electron chi connectivity index (χ4n) is 5.79. The van der Waals surface area contributed by atoms with Gasteiger partial charge in [-0.15, -0.1) is 0 Å². The van der Waals surface area contributed by atoms with Crippen LogP contribution in [-0.2, 0) is 28.5 Å². The van der Waals surface area contributed by atoms with E-state index in [0.29, 0.717) is 24.2 Å². The number of allylic oxidation sites excluding steroid dienone is 2. The Hall–Kier alpha value is -2.12. The first-order valence-corrected chi connectivity index (χ1v) is 9.67. The number of aliphatic hydroxyl groups is 1. The number of rotatable bonds is 2. The molecule has 0 radical (unpaired) electrons. The topological polar surface area (TPSA) is 91.3 Å². The predicted octanol–water partition coefficient (Wildman–Crippen LogP) is 1.76. The van der Waals surface area contributed by atoms with Gasteiger partial charge in [0.15, 0.2) is 0 Å². The summed E-state index contributed by atoms with van der Waals surface area (Å²) in [5.41, 5.74) is 0.878. The monoisotopic (exact) mass is 388 g/mol. The van der Waals surface area contributed by atoms with Crippen LogP contribution >= 0.6 is 0 Å². The molecule has 7 atom stereocenters. The number of hydrogen-bond donors (Lipinski definition) is 1. The van der Waals surface area contributed by atoms with Crippen LogP contribution in [0.1, 0.15) is 33.1 Å². The third kappa shape index (κ3) is 2.12. The second-order valence-corrected chi connectivity index (χ2v) is 8.81. The number of carbonyl (C=O) groups excluding carboxylic acids is 2. The van der Waals surface area contributed by atoms with E-state index in [-0.39, 0.29) is 41.8 Å². The molecule has 0 aromatic carbocycles. The van der Waals surface area contributed by atoms with Crippen molar-refractivity contribution in [2.45, 2.75) is 56.7 Å². The van der Waals surface area contributed by atoms with Crippen LogP contribution in [0.4, 0.5) is 0 Å². The molecule has 0 aromatic heterocycles. The molecule has 1 aliphatic carbocycles. The van der Waals surface area contributed by atoms with Gasteiger partial charge in [0, 0.05) is 30.3 Å². The molecule has 5 rings (SSSR count). The van der Waals surface area contributed by atoms with Crippen LogP contribution in [-0.4, -0.2) is 47.8 Å². The number of esters is 2. The van der Waals surface area contributed by atoms with E-state index in [2.05, 4.69) is 6.58 Å². The third-order valence-electron chi connectivity index (χ3n) is 7.07. The summed E-state index contributed by atoms with van der Waals surface area (Å²) < 4.78 is 23.0. The summed E-state index contributed by atoms with van der Waals surface area (Å²) >= 11 is 0. The van der Waals surface area contributed by atoms with Crippen LogP contribution in [0.5, 0.6) is 0 Å². The Balaban J connectivity index is 1.71. The van der Waals surface area contributed by atoms with Gasteiger partial charge < -0.3 is 24.1 Å². The van der Waals surface area contributed by atoms with Crippen molar-refractivity contribution in [1.82, 2.24) is 0 Å². The number of carbonyl (C=O) groups is 2. The van der Waals surface area contributed by atoms with Crippen LogP contribution in [0.2, 0.25) is 0 Å². The molecule has 0 amide bonds. The van der Waals surface area contributed by atoms with Crippen molar-refractivity contribution in [2.75, 3.05) is 7.11 Å². The molecule has 1 N–H and O–H groups in total. The zero-order chi connectivity index (χ0) is 20.0. The minimum atomic E-state index is -1.81. The van der Waals surface area contributed by atoms with Gasteiger partial charge in [-0.1, -0.05) is 18.2 Å². The molecule has 1 saturated carbocycles. The first-order chi connectivity index (χ1) is 13.2. The summed E-state index contributed by atoms with van der Waals surface area (Å²) in [5, 5.41) is 11.4. The summed E-state index contributed by atoms with van der Waals surface area (Å²) in [6.45, 7) is 7.83. The van der Waals surface area contributed by atoms with Gasteiger partial charge in [-0.2, -0.15) is 0 Å². The highest BCUT2D eigenvalue weighted by Gasteiger charge is 2.71. The number of fused-ring (bicyclic) bond motifs is 1. The van der Waals surface area contributed by atoms with E-state index in [1.165, 1.54) is 7.11 Å². The van der Waals surface area contributed by atoms with Crippen LogP contribution in [0, 0.1) is 17.8 Å². The number of ether oxygens (including phenoxy) is 4. The van der Waals surface area contributed by atoms with Gasteiger partial charge in [0.1, 0.15) is 29.1 Å².